The monoisotopic (exact) mass is 279 g/mol. The molecular weight excluding hydrogens is 250 g/mol. The highest BCUT2D eigenvalue weighted by atomic mass is 16.5. The highest BCUT2D eigenvalue weighted by Crippen LogP contribution is 2.35. The number of ether oxygens (including phenoxy) is 1. The summed E-state index contributed by atoms with van der Waals surface area (Å²) in [5.41, 5.74) is 0.534. The number of nitrogens with zero attached hydrogens (tertiary/aromatic N) is 2. The van der Waals surface area contributed by atoms with Crippen molar-refractivity contribution in [3.05, 3.63) is 18.2 Å². The van der Waals surface area contributed by atoms with Crippen LogP contribution in [-0.4, -0.2) is 34.8 Å². The summed E-state index contributed by atoms with van der Waals surface area (Å²) < 4.78 is 7.70. The Morgan fingerprint density at radius 2 is 2.05 bits per heavy atom. The number of aryl methyl sites for hydroxylation is 2. The predicted molar refractivity (Wildman–Crippen MR) is 81.8 cm³/mol. The van der Waals surface area contributed by atoms with E-state index in [1.807, 2.05) is 12.4 Å². The molecule has 1 aliphatic heterocycles. The van der Waals surface area contributed by atoms with Gasteiger partial charge in [0.15, 0.2) is 0 Å². The van der Waals surface area contributed by atoms with E-state index in [0.29, 0.717) is 5.41 Å². The average molecular weight is 279 g/mol. The van der Waals surface area contributed by atoms with E-state index >= 15 is 0 Å². The zero-order chi connectivity index (χ0) is 14.6. The van der Waals surface area contributed by atoms with Crippen molar-refractivity contribution in [3.63, 3.8) is 0 Å². The topological polar surface area (TPSA) is 39.1 Å². The molecule has 1 fully saturated rings. The van der Waals surface area contributed by atoms with Crippen LogP contribution < -0.4 is 5.32 Å². The van der Waals surface area contributed by atoms with E-state index in [0.717, 1.165) is 39.0 Å². The fraction of sp³-hybridized carbons (Fsp3) is 0.812. The number of hydrogen-bond donors (Lipinski definition) is 1. The van der Waals surface area contributed by atoms with Crippen molar-refractivity contribution in [1.82, 2.24) is 14.9 Å². The first-order chi connectivity index (χ1) is 9.40. The van der Waals surface area contributed by atoms with Crippen molar-refractivity contribution in [2.75, 3.05) is 19.8 Å². The molecule has 4 heteroatoms. The molecule has 2 heterocycles. The number of aromatic nitrogens is 2. The Morgan fingerprint density at radius 1 is 1.35 bits per heavy atom. The fourth-order valence-corrected chi connectivity index (χ4v) is 2.79. The average Bonchev–Trinajstić information content (AvgIpc) is 2.80. The second-order valence-corrected chi connectivity index (χ2v) is 7.17. The molecular formula is C16H29N3O. The Hall–Kier alpha value is -0.870. The van der Waals surface area contributed by atoms with Gasteiger partial charge in [-0.3, -0.25) is 0 Å². The molecule has 1 aliphatic rings. The molecule has 2 rings (SSSR count). The van der Waals surface area contributed by atoms with Crippen LogP contribution in [0, 0.1) is 5.41 Å². The summed E-state index contributed by atoms with van der Waals surface area (Å²) in [4.78, 5) is 4.45. The maximum Gasteiger partial charge on any atom is 0.108 e. The van der Waals surface area contributed by atoms with Crippen molar-refractivity contribution in [1.29, 1.82) is 0 Å². The molecule has 0 bridgehead atoms. The van der Waals surface area contributed by atoms with Gasteiger partial charge in [0, 0.05) is 51.2 Å². The van der Waals surface area contributed by atoms with Crippen molar-refractivity contribution in [2.45, 2.75) is 52.0 Å². The third kappa shape index (κ3) is 4.32. The molecule has 1 aromatic heterocycles. The van der Waals surface area contributed by atoms with Gasteiger partial charge in [-0.2, -0.15) is 0 Å². The van der Waals surface area contributed by atoms with Gasteiger partial charge in [-0.05, 0) is 45.4 Å². The van der Waals surface area contributed by atoms with E-state index in [2.05, 4.69) is 42.7 Å². The summed E-state index contributed by atoms with van der Waals surface area (Å²) in [6.45, 7) is 9.57. The number of nitrogens with one attached hydrogen (secondary N) is 1. The highest BCUT2D eigenvalue weighted by molar-refractivity contribution is 4.95. The van der Waals surface area contributed by atoms with E-state index in [-0.39, 0.29) is 5.54 Å². The van der Waals surface area contributed by atoms with E-state index in [1.54, 1.807) is 0 Å². The first-order valence-electron chi connectivity index (χ1n) is 7.69. The Morgan fingerprint density at radius 3 is 2.60 bits per heavy atom. The van der Waals surface area contributed by atoms with Gasteiger partial charge in [0.2, 0.25) is 0 Å². The lowest BCUT2D eigenvalue weighted by Crippen LogP contribution is -2.46. The first-order valence-corrected chi connectivity index (χ1v) is 7.69. The van der Waals surface area contributed by atoms with Crippen LogP contribution in [0.5, 0.6) is 0 Å². The number of rotatable bonds is 5. The van der Waals surface area contributed by atoms with Crippen molar-refractivity contribution in [2.24, 2.45) is 12.5 Å². The van der Waals surface area contributed by atoms with Crippen LogP contribution in [0.15, 0.2) is 12.4 Å². The van der Waals surface area contributed by atoms with Crippen molar-refractivity contribution in [3.8, 4) is 0 Å². The lowest BCUT2D eigenvalue weighted by molar-refractivity contribution is 0.00744. The van der Waals surface area contributed by atoms with Crippen LogP contribution in [0.4, 0.5) is 0 Å². The van der Waals surface area contributed by atoms with Gasteiger partial charge in [-0.1, -0.05) is 0 Å². The minimum Gasteiger partial charge on any atom is -0.381 e. The summed E-state index contributed by atoms with van der Waals surface area (Å²) >= 11 is 0. The third-order valence-corrected chi connectivity index (χ3v) is 4.35. The van der Waals surface area contributed by atoms with Gasteiger partial charge in [-0.25, -0.2) is 4.98 Å². The summed E-state index contributed by atoms with van der Waals surface area (Å²) in [6.07, 6.45) is 8.46. The van der Waals surface area contributed by atoms with E-state index in [4.69, 9.17) is 4.74 Å². The van der Waals surface area contributed by atoms with Crippen LogP contribution in [0.2, 0.25) is 0 Å². The van der Waals surface area contributed by atoms with Crippen LogP contribution in [0.1, 0.15) is 45.9 Å². The van der Waals surface area contributed by atoms with Crippen LogP contribution in [0.3, 0.4) is 0 Å². The largest absolute Gasteiger partial charge is 0.381 e. The molecule has 4 nitrogen and oxygen atoms in total. The standard InChI is InChI=1S/C16H29N3O/c1-15(2,3)18-13-16(7-11-20-12-8-16)6-5-14-17-9-10-19(14)4/h9-10,18H,5-8,11-13H2,1-4H3. The Bertz CT molecular complexity index is 414. The van der Waals surface area contributed by atoms with Crippen LogP contribution in [0.25, 0.3) is 0 Å². The maximum atomic E-state index is 5.57. The van der Waals surface area contributed by atoms with Gasteiger partial charge >= 0.3 is 0 Å². The third-order valence-electron chi connectivity index (χ3n) is 4.35. The molecule has 0 radical (unpaired) electrons. The zero-order valence-corrected chi connectivity index (χ0v) is 13.4. The van der Waals surface area contributed by atoms with Crippen molar-refractivity contribution < 1.29 is 4.74 Å². The summed E-state index contributed by atoms with van der Waals surface area (Å²) in [7, 11) is 2.08. The molecule has 20 heavy (non-hydrogen) atoms. The van der Waals surface area contributed by atoms with Crippen molar-refractivity contribution >= 4 is 0 Å². The molecule has 1 aromatic rings. The highest BCUT2D eigenvalue weighted by Gasteiger charge is 2.33. The quantitative estimate of drug-likeness (QED) is 0.900. The van der Waals surface area contributed by atoms with Gasteiger partial charge in [-0.15, -0.1) is 0 Å². The molecule has 0 aliphatic carbocycles. The Labute approximate surface area is 122 Å². The van der Waals surface area contributed by atoms with E-state index in [1.165, 1.54) is 12.2 Å². The van der Waals surface area contributed by atoms with E-state index < -0.39 is 0 Å². The smallest absolute Gasteiger partial charge is 0.108 e. The number of imidazole rings is 1. The SMILES string of the molecule is Cn1ccnc1CCC1(CNC(C)(C)C)CCOCC1. The minimum absolute atomic E-state index is 0.175. The van der Waals surface area contributed by atoms with Gasteiger partial charge in [0.25, 0.3) is 0 Å². The molecule has 114 valence electrons. The minimum atomic E-state index is 0.175. The number of hydrogen-bond acceptors (Lipinski definition) is 3. The summed E-state index contributed by atoms with van der Waals surface area (Å²) in [5.74, 6) is 1.19. The van der Waals surface area contributed by atoms with Gasteiger partial charge < -0.3 is 14.6 Å². The molecule has 0 spiro atoms. The lowest BCUT2D eigenvalue weighted by atomic mass is 9.75. The van der Waals surface area contributed by atoms with Crippen LogP contribution in [-0.2, 0) is 18.2 Å². The van der Waals surface area contributed by atoms with E-state index in [9.17, 15) is 0 Å². The normalized spacial score (nSPS) is 19.2. The fourth-order valence-electron chi connectivity index (χ4n) is 2.79. The van der Waals surface area contributed by atoms with Gasteiger partial charge in [0.1, 0.15) is 5.82 Å². The summed E-state index contributed by atoms with van der Waals surface area (Å²) in [5, 5.41) is 3.69. The van der Waals surface area contributed by atoms with Gasteiger partial charge in [0.05, 0.1) is 0 Å². The molecule has 0 amide bonds. The Kier molecular flexibility index (Phi) is 4.86. The predicted octanol–water partition coefficient (Wildman–Crippen LogP) is 2.54. The molecule has 0 saturated carbocycles. The molecule has 1 saturated heterocycles. The molecule has 0 aromatic carbocycles. The summed E-state index contributed by atoms with van der Waals surface area (Å²) in [6, 6.07) is 0. The second kappa shape index (κ2) is 6.27. The lowest BCUT2D eigenvalue weighted by Gasteiger charge is -2.39. The molecule has 0 atom stereocenters. The van der Waals surface area contributed by atoms with Crippen LogP contribution >= 0.6 is 0 Å². The molecule has 0 unspecified atom stereocenters. The molecule has 1 N–H and O–H groups in total. The Balaban J connectivity index is 1.97. The second-order valence-electron chi connectivity index (χ2n) is 7.17. The zero-order valence-electron chi connectivity index (χ0n) is 13.4. The first kappa shape index (κ1) is 15.5. The maximum absolute atomic E-state index is 5.57.